The standard InChI is InChI=1S/C15H29NS/c1-12-5-4-6-13(7-12)9-16-14-8-15(2,3)11-17-10-14/h12-14,16H,4-11H2,1-3H3. The van der Waals surface area contributed by atoms with Gasteiger partial charge in [-0.25, -0.2) is 0 Å². The molecular weight excluding hydrogens is 226 g/mol. The Balaban J connectivity index is 1.70. The van der Waals surface area contributed by atoms with Crippen LogP contribution in [0.4, 0.5) is 0 Å². The Hall–Kier alpha value is 0.310. The lowest BCUT2D eigenvalue weighted by Crippen LogP contribution is -2.42. The molecule has 0 aromatic rings. The lowest BCUT2D eigenvalue weighted by Gasteiger charge is -2.36. The van der Waals surface area contributed by atoms with E-state index in [0.29, 0.717) is 5.41 Å². The molecule has 100 valence electrons. The number of hydrogen-bond acceptors (Lipinski definition) is 2. The van der Waals surface area contributed by atoms with Gasteiger partial charge in [-0.2, -0.15) is 11.8 Å². The molecule has 1 aliphatic heterocycles. The van der Waals surface area contributed by atoms with Crippen molar-refractivity contribution in [3.8, 4) is 0 Å². The molecule has 2 heteroatoms. The summed E-state index contributed by atoms with van der Waals surface area (Å²) in [7, 11) is 0. The zero-order chi connectivity index (χ0) is 12.3. The van der Waals surface area contributed by atoms with E-state index in [2.05, 4.69) is 37.8 Å². The molecule has 3 unspecified atom stereocenters. The van der Waals surface area contributed by atoms with Crippen molar-refractivity contribution in [2.45, 2.75) is 58.9 Å². The highest BCUT2D eigenvalue weighted by atomic mass is 32.2. The molecule has 1 N–H and O–H groups in total. The summed E-state index contributed by atoms with van der Waals surface area (Å²) in [4.78, 5) is 0. The molecule has 0 amide bonds. The summed E-state index contributed by atoms with van der Waals surface area (Å²) in [5.41, 5.74) is 0.542. The van der Waals surface area contributed by atoms with Gasteiger partial charge in [-0.15, -0.1) is 0 Å². The van der Waals surface area contributed by atoms with Gasteiger partial charge in [-0.1, -0.05) is 33.6 Å². The van der Waals surface area contributed by atoms with Gasteiger partial charge in [0.05, 0.1) is 0 Å². The molecule has 1 nitrogen and oxygen atoms in total. The third-order valence-corrected chi connectivity index (χ3v) is 5.97. The van der Waals surface area contributed by atoms with E-state index in [1.165, 1.54) is 50.2 Å². The average Bonchev–Trinajstić information content (AvgIpc) is 2.25. The smallest absolute Gasteiger partial charge is 0.0163 e. The Bertz CT molecular complexity index is 239. The molecule has 0 aromatic heterocycles. The van der Waals surface area contributed by atoms with Gasteiger partial charge in [0, 0.05) is 11.8 Å². The molecule has 0 radical (unpaired) electrons. The Morgan fingerprint density at radius 1 is 1.29 bits per heavy atom. The summed E-state index contributed by atoms with van der Waals surface area (Å²) < 4.78 is 0. The van der Waals surface area contributed by atoms with E-state index in [4.69, 9.17) is 0 Å². The number of nitrogens with one attached hydrogen (secondary N) is 1. The van der Waals surface area contributed by atoms with Crippen molar-refractivity contribution >= 4 is 11.8 Å². The maximum Gasteiger partial charge on any atom is 0.0163 e. The van der Waals surface area contributed by atoms with Crippen LogP contribution < -0.4 is 5.32 Å². The van der Waals surface area contributed by atoms with Gasteiger partial charge in [0.25, 0.3) is 0 Å². The third kappa shape index (κ3) is 4.48. The summed E-state index contributed by atoms with van der Waals surface area (Å²) in [6, 6.07) is 0.765. The predicted molar refractivity (Wildman–Crippen MR) is 78.6 cm³/mol. The molecule has 0 bridgehead atoms. The molecule has 1 aliphatic carbocycles. The Morgan fingerprint density at radius 3 is 2.82 bits per heavy atom. The number of thioether (sulfide) groups is 1. The minimum Gasteiger partial charge on any atom is -0.313 e. The van der Waals surface area contributed by atoms with Crippen LogP contribution in [0.5, 0.6) is 0 Å². The second-order valence-corrected chi connectivity index (χ2v) is 8.16. The maximum absolute atomic E-state index is 3.85. The van der Waals surface area contributed by atoms with Gasteiger partial charge in [-0.3, -0.25) is 0 Å². The molecule has 2 fully saturated rings. The van der Waals surface area contributed by atoms with Crippen LogP contribution in [0, 0.1) is 17.3 Å². The first-order chi connectivity index (χ1) is 8.05. The van der Waals surface area contributed by atoms with E-state index in [9.17, 15) is 0 Å². The first kappa shape index (κ1) is 13.7. The summed E-state index contributed by atoms with van der Waals surface area (Å²) in [6.07, 6.45) is 7.19. The number of hydrogen-bond donors (Lipinski definition) is 1. The van der Waals surface area contributed by atoms with Crippen LogP contribution in [-0.2, 0) is 0 Å². The monoisotopic (exact) mass is 255 g/mol. The molecule has 17 heavy (non-hydrogen) atoms. The average molecular weight is 255 g/mol. The fourth-order valence-corrected chi connectivity index (χ4v) is 4.78. The predicted octanol–water partition coefficient (Wildman–Crippen LogP) is 3.93. The van der Waals surface area contributed by atoms with Crippen molar-refractivity contribution in [2.24, 2.45) is 17.3 Å². The third-order valence-electron chi connectivity index (χ3n) is 4.35. The first-order valence-electron chi connectivity index (χ1n) is 7.36. The normalized spacial score (nSPS) is 37.9. The lowest BCUT2D eigenvalue weighted by molar-refractivity contribution is 0.252. The summed E-state index contributed by atoms with van der Waals surface area (Å²) >= 11 is 2.13. The SMILES string of the molecule is CC1CCCC(CNC2CSCC(C)(C)C2)C1. The molecule has 0 spiro atoms. The van der Waals surface area contributed by atoms with Crippen LogP contribution in [0.25, 0.3) is 0 Å². The van der Waals surface area contributed by atoms with Gasteiger partial charge in [-0.05, 0) is 48.8 Å². The van der Waals surface area contributed by atoms with E-state index in [1.807, 2.05) is 0 Å². The fourth-order valence-electron chi connectivity index (χ4n) is 3.47. The van der Waals surface area contributed by atoms with Gasteiger partial charge >= 0.3 is 0 Å². The van der Waals surface area contributed by atoms with Gasteiger partial charge in [0.15, 0.2) is 0 Å². The topological polar surface area (TPSA) is 12.0 Å². The summed E-state index contributed by atoms with van der Waals surface area (Å²) in [6.45, 7) is 8.52. The van der Waals surface area contributed by atoms with Crippen molar-refractivity contribution in [2.75, 3.05) is 18.1 Å². The molecule has 2 aliphatic rings. The van der Waals surface area contributed by atoms with Crippen LogP contribution >= 0.6 is 11.8 Å². The Morgan fingerprint density at radius 2 is 2.12 bits per heavy atom. The van der Waals surface area contributed by atoms with Crippen LogP contribution in [0.15, 0.2) is 0 Å². The highest BCUT2D eigenvalue weighted by Gasteiger charge is 2.28. The largest absolute Gasteiger partial charge is 0.313 e. The van der Waals surface area contributed by atoms with Gasteiger partial charge in [0.2, 0.25) is 0 Å². The summed E-state index contributed by atoms with van der Waals surface area (Å²) in [5, 5.41) is 3.85. The zero-order valence-corrected chi connectivity index (χ0v) is 12.6. The van der Waals surface area contributed by atoms with E-state index >= 15 is 0 Å². The van der Waals surface area contributed by atoms with E-state index in [1.54, 1.807) is 0 Å². The zero-order valence-electron chi connectivity index (χ0n) is 11.8. The van der Waals surface area contributed by atoms with Crippen molar-refractivity contribution in [3.05, 3.63) is 0 Å². The van der Waals surface area contributed by atoms with Crippen LogP contribution in [-0.4, -0.2) is 24.1 Å². The molecule has 1 saturated carbocycles. The highest BCUT2D eigenvalue weighted by Crippen LogP contribution is 2.34. The first-order valence-corrected chi connectivity index (χ1v) is 8.52. The van der Waals surface area contributed by atoms with Gasteiger partial charge in [0.1, 0.15) is 0 Å². The van der Waals surface area contributed by atoms with E-state index in [-0.39, 0.29) is 0 Å². The molecule has 0 aromatic carbocycles. The minimum absolute atomic E-state index is 0.542. The Kier molecular flexibility index (Phi) is 4.82. The van der Waals surface area contributed by atoms with Crippen LogP contribution in [0.1, 0.15) is 52.9 Å². The maximum atomic E-state index is 3.85. The molecule has 2 rings (SSSR count). The molecule has 1 saturated heterocycles. The molecule has 3 atom stereocenters. The minimum atomic E-state index is 0.542. The van der Waals surface area contributed by atoms with E-state index in [0.717, 1.165) is 17.9 Å². The van der Waals surface area contributed by atoms with Crippen molar-refractivity contribution < 1.29 is 0 Å². The summed E-state index contributed by atoms with van der Waals surface area (Å²) in [5.74, 6) is 4.58. The van der Waals surface area contributed by atoms with Crippen molar-refractivity contribution in [1.29, 1.82) is 0 Å². The fraction of sp³-hybridized carbons (Fsp3) is 1.00. The quantitative estimate of drug-likeness (QED) is 0.820. The van der Waals surface area contributed by atoms with Crippen LogP contribution in [0.3, 0.4) is 0 Å². The van der Waals surface area contributed by atoms with E-state index < -0.39 is 0 Å². The molecular formula is C15H29NS. The Labute approximate surface area is 112 Å². The number of rotatable bonds is 3. The lowest BCUT2D eigenvalue weighted by atomic mass is 9.82. The van der Waals surface area contributed by atoms with Crippen LogP contribution in [0.2, 0.25) is 0 Å². The highest BCUT2D eigenvalue weighted by molar-refractivity contribution is 7.99. The second kappa shape index (κ2) is 5.97. The van der Waals surface area contributed by atoms with Crippen molar-refractivity contribution in [3.63, 3.8) is 0 Å². The van der Waals surface area contributed by atoms with Crippen molar-refractivity contribution in [1.82, 2.24) is 5.32 Å². The molecule has 1 heterocycles. The second-order valence-electron chi connectivity index (χ2n) is 7.13. The van der Waals surface area contributed by atoms with Gasteiger partial charge < -0.3 is 5.32 Å².